The summed E-state index contributed by atoms with van der Waals surface area (Å²) < 4.78 is 65.3. The fourth-order valence-corrected chi connectivity index (χ4v) is 4.89. The molecule has 1 saturated heterocycles. The number of nitrogens with zero attached hydrogens (tertiary/aromatic N) is 2. The molecule has 1 aliphatic heterocycles. The average molecular weight is 481 g/mol. The van der Waals surface area contributed by atoms with E-state index in [-0.39, 0.29) is 21.7 Å². The second-order valence-corrected chi connectivity index (χ2v) is 9.39. The Morgan fingerprint density at radius 1 is 0.939 bits per heavy atom. The summed E-state index contributed by atoms with van der Waals surface area (Å²) >= 11 is 0. The first kappa shape index (κ1) is 24.6. The lowest BCUT2D eigenvalue weighted by Crippen LogP contribution is -2.35. The number of Topliss-reactive ketones (excluding diaryl/α,β-unsaturated/α-hetero) is 1. The zero-order valence-corrected chi connectivity index (χ0v) is 18.3. The summed E-state index contributed by atoms with van der Waals surface area (Å²) in [5.74, 6) is -2.83. The minimum absolute atomic E-state index is 0.0357. The molecule has 1 N–H and O–H groups in total. The van der Waals surface area contributed by atoms with Gasteiger partial charge in [0, 0.05) is 18.7 Å². The molecule has 1 amide bonds. The van der Waals surface area contributed by atoms with E-state index in [0.717, 1.165) is 19.3 Å². The van der Waals surface area contributed by atoms with Gasteiger partial charge in [-0.15, -0.1) is 0 Å². The van der Waals surface area contributed by atoms with Gasteiger partial charge in [-0.05, 0) is 36.6 Å². The first-order chi connectivity index (χ1) is 15.6. The van der Waals surface area contributed by atoms with E-state index in [1.165, 1.54) is 40.7 Å². The number of halogens is 3. The van der Waals surface area contributed by atoms with Crippen molar-refractivity contribution in [3.63, 3.8) is 0 Å². The maximum absolute atomic E-state index is 12.9. The number of carbonyl (C=O) groups excluding carboxylic acids is 2. The van der Waals surface area contributed by atoms with E-state index < -0.39 is 34.3 Å². The molecule has 0 aromatic heterocycles. The Morgan fingerprint density at radius 2 is 1.58 bits per heavy atom. The third-order valence-corrected chi connectivity index (χ3v) is 6.99. The SMILES string of the molecule is O=C(N/N=C(\CC(=O)C(F)(F)F)c1ccccc1)c1cccc(S(=O)(=O)N2CCCCC2)c1. The van der Waals surface area contributed by atoms with Crippen LogP contribution in [0.3, 0.4) is 0 Å². The van der Waals surface area contributed by atoms with Crippen LogP contribution in [0.2, 0.25) is 0 Å². The lowest BCUT2D eigenvalue weighted by Gasteiger charge is -2.25. The zero-order chi connectivity index (χ0) is 24.1. The molecule has 1 aliphatic rings. The minimum atomic E-state index is -5.04. The Morgan fingerprint density at radius 3 is 2.21 bits per heavy atom. The quantitative estimate of drug-likeness (QED) is 0.484. The molecule has 0 bridgehead atoms. The van der Waals surface area contributed by atoms with Crippen LogP contribution < -0.4 is 5.43 Å². The number of hydrogen-bond acceptors (Lipinski definition) is 5. The number of nitrogens with one attached hydrogen (secondary N) is 1. The Hall–Kier alpha value is -3.05. The van der Waals surface area contributed by atoms with Crippen LogP contribution in [0.1, 0.15) is 41.6 Å². The van der Waals surface area contributed by atoms with Crippen molar-refractivity contribution in [1.29, 1.82) is 0 Å². The van der Waals surface area contributed by atoms with Crippen molar-refractivity contribution in [3.05, 3.63) is 65.7 Å². The largest absolute Gasteiger partial charge is 0.450 e. The number of carbonyl (C=O) groups is 2. The van der Waals surface area contributed by atoms with Gasteiger partial charge in [0.2, 0.25) is 15.8 Å². The van der Waals surface area contributed by atoms with Crippen molar-refractivity contribution in [3.8, 4) is 0 Å². The molecule has 0 aliphatic carbocycles. The van der Waals surface area contributed by atoms with Crippen LogP contribution in [0.4, 0.5) is 13.2 Å². The van der Waals surface area contributed by atoms with Crippen molar-refractivity contribution < 1.29 is 31.2 Å². The Labute approximate surface area is 189 Å². The maximum Gasteiger partial charge on any atom is 0.450 e. The summed E-state index contributed by atoms with van der Waals surface area (Å²) in [7, 11) is -3.78. The number of hydrogen-bond donors (Lipinski definition) is 1. The molecule has 0 atom stereocenters. The van der Waals surface area contributed by atoms with E-state index in [9.17, 15) is 31.2 Å². The Bertz CT molecular complexity index is 1140. The molecule has 11 heteroatoms. The molecule has 176 valence electrons. The standard InChI is InChI=1S/C22H22F3N3O4S/c23-22(24,25)20(29)15-19(16-8-3-1-4-9-16)26-27-21(30)17-10-7-11-18(14-17)33(31,32)28-12-5-2-6-13-28/h1,3-4,7-11,14H,2,5-6,12-13,15H2,(H,27,30)/b26-19+. The summed E-state index contributed by atoms with van der Waals surface area (Å²) in [5, 5.41) is 3.74. The fourth-order valence-electron chi connectivity index (χ4n) is 3.32. The van der Waals surface area contributed by atoms with Gasteiger partial charge in [-0.1, -0.05) is 42.8 Å². The van der Waals surface area contributed by atoms with E-state index in [4.69, 9.17) is 0 Å². The summed E-state index contributed by atoms with van der Waals surface area (Å²) in [4.78, 5) is 24.0. The summed E-state index contributed by atoms with van der Waals surface area (Å²) in [6.45, 7) is 0.799. The van der Waals surface area contributed by atoms with E-state index in [1.807, 2.05) is 0 Å². The lowest BCUT2D eigenvalue weighted by molar-refractivity contribution is -0.169. The molecule has 2 aromatic carbocycles. The summed E-state index contributed by atoms with van der Waals surface area (Å²) in [6.07, 6.45) is -3.64. The fraction of sp³-hybridized carbons (Fsp3) is 0.318. The zero-order valence-electron chi connectivity index (χ0n) is 17.5. The van der Waals surface area contributed by atoms with Gasteiger partial charge < -0.3 is 0 Å². The van der Waals surface area contributed by atoms with Gasteiger partial charge in [-0.25, -0.2) is 13.8 Å². The molecular formula is C22H22F3N3O4S. The number of piperidine rings is 1. The molecule has 0 saturated carbocycles. The molecule has 3 rings (SSSR count). The number of rotatable bonds is 7. The van der Waals surface area contributed by atoms with Crippen LogP contribution in [-0.2, 0) is 14.8 Å². The first-order valence-corrected chi connectivity index (χ1v) is 11.7. The van der Waals surface area contributed by atoms with Gasteiger partial charge in [0.05, 0.1) is 17.0 Å². The average Bonchev–Trinajstić information content (AvgIpc) is 2.82. The van der Waals surface area contributed by atoms with E-state index in [1.54, 1.807) is 18.2 Å². The van der Waals surface area contributed by atoms with Crippen molar-refractivity contribution in [2.45, 2.75) is 36.8 Å². The van der Waals surface area contributed by atoms with Crippen molar-refractivity contribution in [1.82, 2.24) is 9.73 Å². The van der Waals surface area contributed by atoms with Crippen LogP contribution in [-0.4, -0.2) is 49.4 Å². The molecule has 1 heterocycles. The molecule has 7 nitrogen and oxygen atoms in total. The van der Waals surface area contributed by atoms with Gasteiger partial charge in [-0.3, -0.25) is 9.59 Å². The monoisotopic (exact) mass is 481 g/mol. The molecule has 0 unspecified atom stereocenters. The number of ketones is 1. The van der Waals surface area contributed by atoms with E-state index >= 15 is 0 Å². The van der Waals surface area contributed by atoms with Crippen molar-refractivity contribution in [2.24, 2.45) is 5.10 Å². The molecule has 1 fully saturated rings. The lowest BCUT2D eigenvalue weighted by atomic mass is 10.1. The molecule has 0 spiro atoms. The van der Waals surface area contributed by atoms with Crippen LogP contribution in [0.25, 0.3) is 0 Å². The van der Waals surface area contributed by atoms with Crippen LogP contribution >= 0.6 is 0 Å². The highest BCUT2D eigenvalue weighted by Crippen LogP contribution is 2.22. The van der Waals surface area contributed by atoms with Crippen LogP contribution in [0.5, 0.6) is 0 Å². The van der Waals surface area contributed by atoms with Gasteiger partial charge in [0.1, 0.15) is 0 Å². The van der Waals surface area contributed by atoms with Gasteiger partial charge in [-0.2, -0.15) is 22.6 Å². The van der Waals surface area contributed by atoms with E-state index in [2.05, 4.69) is 10.5 Å². The molecular weight excluding hydrogens is 459 g/mol. The van der Waals surface area contributed by atoms with Crippen LogP contribution in [0, 0.1) is 0 Å². The van der Waals surface area contributed by atoms with E-state index in [0.29, 0.717) is 13.1 Å². The number of sulfonamides is 1. The normalized spacial score (nSPS) is 15.8. The molecule has 2 aromatic rings. The van der Waals surface area contributed by atoms with Crippen LogP contribution in [0.15, 0.2) is 64.6 Å². The second-order valence-electron chi connectivity index (χ2n) is 7.46. The summed E-state index contributed by atoms with van der Waals surface area (Å²) in [5.41, 5.74) is 2.06. The molecule has 0 radical (unpaired) electrons. The Balaban J connectivity index is 1.82. The minimum Gasteiger partial charge on any atom is -0.289 e. The van der Waals surface area contributed by atoms with Gasteiger partial charge in [0.25, 0.3) is 5.91 Å². The topological polar surface area (TPSA) is 95.9 Å². The third kappa shape index (κ3) is 6.26. The van der Waals surface area contributed by atoms with Gasteiger partial charge in [0.15, 0.2) is 0 Å². The highest BCUT2D eigenvalue weighted by molar-refractivity contribution is 7.89. The van der Waals surface area contributed by atoms with Crippen molar-refractivity contribution >= 4 is 27.4 Å². The predicted molar refractivity (Wildman–Crippen MR) is 115 cm³/mol. The highest BCUT2D eigenvalue weighted by atomic mass is 32.2. The maximum atomic E-state index is 12.9. The second kappa shape index (κ2) is 10.3. The number of amides is 1. The first-order valence-electron chi connectivity index (χ1n) is 10.2. The third-order valence-electron chi connectivity index (χ3n) is 5.09. The number of hydrazone groups is 1. The smallest absolute Gasteiger partial charge is 0.289 e. The van der Waals surface area contributed by atoms with Gasteiger partial charge >= 0.3 is 6.18 Å². The Kier molecular flexibility index (Phi) is 7.65. The van der Waals surface area contributed by atoms with Crippen molar-refractivity contribution in [2.75, 3.05) is 13.1 Å². The highest BCUT2D eigenvalue weighted by Gasteiger charge is 2.38. The summed E-state index contributed by atoms with van der Waals surface area (Å²) in [6, 6.07) is 13.0. The molecule has 33 heavy (non-hydrogen) atoms. The number of alkyl halides is 3. The predicted octanol–water partition coefficient (Wildman–Crippen LogP) is 3.52. The number of benzene rings is 2.